The summed E-state index contributed by atoms with van der Waals surface area (Å²) in [5.41, 5.74) is 1.11. The predicted molar refractivity (Wildman–Crippen MR) is 82.0 cm³/mol. The highest BCUT2D eigenvalue weighted by molar-refractivity contribution is 5.56. The Morgan fingerprint density at radius 1 is 1.00 bits per heavy atom. The van der Waals surface area contributed by atoms with Crippen molar-refractivity contribution in [2.45, 2.75) is 33.2 Å². The lowest BCUT2D eigenvalue weighted by Crippen LogP contribution is -2.27. The molecule has 1 rings (SSSR count). The van der Waals surface area contributed by atoms with Crippen molar-refractivity contribution in [1.82, 2.24) is 5.32 Å². The molecule has 1 N–H and O–H groups in total. The zero-order valence-corrected chi connectivity index (χ0v) is 13.4. The van der Waals surface area contributed by atoms with Crippen LogP contribution in [0.25, 0.3) is 0 Å². The van der Waals surface area contributed by atoms with E-state index in [1.54, 1.807) is 21.3 Å². The van der Waals surface area contributed by atoms with Crippen LogP contribution < -0.4 is 19.5 Å². The molecule has 1 atom stereocenters. The molecule has 0 saturated carbocycles. The van der Waals surface area contributed by atoms with Gasteiger partial charge >= 0.3 is 0 Å². The lowest BCUT2D eigenvalue weighted by molar-refractivity contribution is 0.313. The van der Waals surface area contributed by atoms with Crippen molar-refractivity contribution >= 4 is 0 Å². The minimum atomic E-state index is 0.227. The number of hydrogen-bond acceptors (Lipinski definition) is 4. The van der Waals surface area contributed by atoms with Crippen LogP contribution in [0.4, 0.5) is 0 Å². The fraction of sp³-hybridized carbons (Fsp3) is 0.625. The van der Waals surface area contributed by atoms with Gasteiger partial charge in [0.25, 0.3) is 0 Å². The van der Waals surface area contributed by atoms with E-state index < -0.39 is 0 Å². The summed E-state index contributed by atoms with van der Waals surface area (Å²) in [4.78, 5) is 0. The van der Waals surface area contributed by atoms with Gasteiger partial charge in [-0.25, -0.2) is 0 Å². The molecule has 0 radical (unpaired) electrons. The Bertz CT molecular complexity index is 418. The number of nitrogens with one attached hydrogen (secondary N) is 1. The monoisotopic (exact) mass is 281 g/mol. The van der Waals surface area contributed by atoms with Crippen LogP contribution in [0, 0.1) is 5.92 Å². The molecular weight excluding hydrogens is 254 g/mol. The quantitative estimate of drug-likeness (QED) is 0.792. The second-order valence-corrected chi connectivity index (χ2v) is 5.10. The molecule has 4 heteroatoms. The van der Waals surface area contributed by atoms with Gasteiger partial charge in [0.05, 0.1) is 21.3 Å². The Labute approximate surface area is 122 Å². The van der Waals surface area contributed by atoms with E-state index in [0.717, 1.165) is 24.3 Å². The molecule has 0 aliphatic rings. The van der Waals surface area contributed by atoms with E-state index in [4.69, 9.17) is 14.2 Å². The van der Waals surface area contributed by atoms with Gasteiger partial charge in [0.15, 0.2) is 11.5 Å². The van der Waals surface area contributed by atoms with Crippen LogP contribution in [0.1, 0.15) is 38.8 Å². The summed E-state index contributed by atoms with van der Waals surface area (Å²) < 4.78 is 16.4. The predicted octanol–water partition coefficient (Wildman–Crippen LogP) is 3.41. The Hall–Kier alpha value is -1.42. The number of ether oxygens (including phenoxy) is 3. The lowest BCUT2D eigenvalue weighted by atomic mass is 9.94. The van der Waals surface area contributed by atoms with E-state index in [2.05, 4.69) is 26.1 Å². The maximum Gasteiger partial charge on any atom is 0.203 e. The first-order chi connectivity index (χ1) is 9.60. The summed E-state index contributed by atoms with van der Waals surface area (Å²) in [6.07, 6.45) is 1.10. The minimum Gasteiger partial charge on any atom is -0.493 e. The summed E-state index contributed by atoms with van der Waals surface area (Å²) >= 11 is 0. The molecule has 4 nitrogen and oxygen atoms in total. The standard InChI is InChI=1S/C16H27NO3/c1-7-10-17-14(11(2)3)12-8-9-13(18-4)16(20-6)15(12)19-5/h8-9,11,14,17H,7,10H2,1-6H3. The summed E-state index contributed by atoms with van der Waals surface area (Å²) in [6.45, 7) is 7.53. The van der Waals surface area contributed by atoms with Crippen molar-refractivity contribution in [2.75, 3.05) is 27.9 Å². The summed E-state index contributed by atoms with van der Waals surface area (Å²) in [6, 6.07) is 4.21. The number of methoxy groups -OCH3 is 3. The van der Waals surface area contributed by atoms with E-state index >= 15 is 0 Å². The van der Waals surface area contributed by atoms with Crippen molar-refractivity contribution in [3.8, 4) is 17.2 Å². The molecule has 1 unspecified atom stereocenters. The maximum absolute atomic E-state index is 5.58. The highest BCUT2D eigenvalue weighted by Crippen LogP contribution is 2.43. The van der Waals surface area contributed by atoms with Gasteiger partial charge in [-0.15, -0.1) is 0 Å². The first-order valence-corrected chi connectivity index (χ1v) is 7.12. The molecule has 114 valence electrons. The third-order valence-corrected chi connectivity index (χ3v) is 3.35. The Kier molecular flexibility index (Phi) is 6.65. The van der Waals surface area contributed by atoms with Crippen LogP contribution in [0.3, 0.4) is 0 Å². The molecular formula is C16H27NO3. The van der Waals surface area contributed by atoms with Gasteiger partial charge < -0.3 is 19.5 Å². The van der Waals surface area contributed by atoms with Crippen LogP contribution >= 0.6 is 0 Å². The number of benzene rings is 1. The number of hydrogen-bond donors (Lipinski definition) is 1. The topological polar surface area (TPSA) is 39.7 Å². The fourth-order valence-electron chi connectivity index (χ4n) is 2.37. The average Bonchev–Trinajstić information content (AvgIpc) is 2.46. The summed E-state index contributed by atoms with van der Waals surface area (Å²) in [5.74, 6) is 2.53. The van der Waals surface area contributed by atoms with E-state index in [1.165, 1.54) is 0 Å². The van der Waals surface area contributed by atoms with Crippen LogP contribution in [-0.4, -0.2) is 27.9 Å². The molecule has 0 saturated heterocycles. The van der Waals surface area contributed by atoms with Gasteiger partial charge in [-0.2, -0.15) is 0 Å². The van der Waals surface area contributed by atoms with Crippen molar-refractivity contribution in [3.05, 3.63) is 17.7 Å². The van der Waals surface area contributed by atoms with Gasteiger partial charge in [-0.05, 0) is 31.0 Å². The van der Waals surface area contributed by atoms with Crippen molar-refractivity contribution in [1.29, 1.82) is 0 Å². The van der Waals surface area contributed by atoms with E-state index in [9.17, 15) is 0 Å². The molecule has 20 heavy (non-hydrogen) atoms. The summed E-state index contributed by atoms with van der Waals surface area (Å²) in [5, 5.41) is 3.57. The lowest BCUT2D eigenvalue weighted by Gasteiger charge is -2.26. The molecule has 0 aliphatic heterocycles. The van der Waals surface area contributed by atoms with Gasteiger partial charge in [0, 0.05) is 11.6 Å². The third-order valence-electron chi connectivity index (χ3n) is 3.35. The van der Waals surface area contributed by atoms with Gasteiger partial charge in [-0.3, -0.25) is 0 Å². The smallest absolute Gasteiger partial charge is 0.203 e. The van der Waals surface area contributed by atoms with E-state index in [0.29, 0.717) is 17.4 Å². The first-order valence-electron chi connectivity index (χ1n) is 7.12. The molecule has 0 fully saturated rings. The third kappa shape index (κ3) is 3.57. The molecule has 0 spiro atoms. The first kappa shape index (κ1) is 16.6. The Morgan fingerprint density at radius 3 is 2.10 bits per heavy atom. The second-order valence-electron chi connectivity index (χ2n) is 5.10. The maximum atomic E-state index is 5.58. The minimum absolute atomic E-state index is 0.227. The zero-order valence-electron chi connectivity index (χ0n) is 13.4. The average molecular weight is 281 g/mol. The molecule has 0 aromatic heterocycles. The summed E-state index contributed by atoms with van der Waals surface area (Å²) in [7, 11) is 4.93. The SMILES string of the molecule is CCCNC(c1ccc(OC)c(OC)c1OC)C(C)C. The van der Waals surface area contributed by atoms with E-state index in [1.807, 2.05) is 12.1 Å². The Morgan fingerprint density at radius 2 is 1.65 bits per heavy atom. The highest BCUT2D eigenvalue weighted by atomic mass is 16.5. The van der Waals surface area contributed by atoms with Gasteiger partial charge in [0.2, 0.25) is 5.75 Å². The van der Waals surface area contributed by atoms with Crippen LogP contribution in [0.15, 0.2) is 12.1 Å². The normalized spacial score (nSPS) is 12.3. The highest BCUT2D eigenvalue weighted by Gasteiger charge is 2.23. The largest absolute Gasteiger partial charge is 0.493 e. The van der Waals surface area contributed by atoms with Crippen LogP contribution in [-0.2, 0) is 0 Å². The van der Waals surface area contributed by atoms with Crippen molar-refractivity contribution in [3.63, 3.8) is 0 Å². The molecule has 1 aromatic rings. The van der Waals surface area contributed by atoms with Crippen LogP contribution in [0.2, 0.25) is 0 Å². The molecule has 0 heterocycles. The fourth-order valence-corrected chi connectivity index (χ4v) is 2.37. The molecule has 1 aromatic carbocycles. The van der Waals surface area contributed by atoms with Gasteiger partial charge in [0.1, 0.15) is 0 Å². The molecule has 0 aliphatic carbocycles. The van der Waals surface area contributed by atoms with E-state index in [-0.39, 0.29) is 6.04 Å². The van der Waals surface area contributed by atoms with Gasteiger partial charge in [-0.1, -0.05) is 20.8 Å². The molecule has 0 bridgehead atoms. The number of rotatable bonds is 8. The molecule has 0 amide bonds. The van der Waals surface area contributed by atoms with Crippen molar-refractivity contribution < 1.29 is 14.2 Å². The zero-order chi connectivity index (χ0) is 15.1. The van der Waals surface area contributed by atoms with Crippen molar-refractivity contribution in [2.24, 2.45) is 5.92 Å². The second kappa shape index (κ2) is 8.00. The Balaban J connectivity index is 3.26. The van der Waals surface area contributed by atoms with Crippen LogP contribution in [0.5, 0.6) is 17.2 Å².